The van der Waals surface area contributed by atoms with E-state index >= 15 is 0 Å². The average molecular weight is 388 g/mol. The number of nitrogens with zero attached hydrogens (tertiary/aromatic N) is 5. The van der Waals surface area contributed by atoms with Crippen molar-refractivity contribution in [2.75, 3.05) is 11.9 Å². The second kappa shape index (κ2) is 6.87. The fraction of sp³-hybridized carbons (Fsp3) is 0.111. The van der Waals surface area contributed by atoms with Crippen molar-refractivity contribution in [1.29, 1.82) is 0 Å². The van der Waals surface area contributed by atoms with Crippen molar-refractivity contribution in [3.8, 4) is 16.8 Å². The molecule has 142 valence electrons. The van der Waals surface area contributed by atoms with Crippen LogP contribution >= 0.6 is 0 Å². The summed E-state index contributed by atoms with van der Waals surface area (Å²) >= 11 is 0. The van der Waals surface area contributed by atoms with E-state index in [0.717, 1.165) is 0 Å². The Kier molecular flexibility index (Phi) is 4.38. The number of nitrogens with one attached hydrogen (secondary N) is 1. The maximum Gasteiger partial charge on any atom is 0.405 e. The smallest absolute Gasteiger partial charge is 0.361 e. The maximum absolute atomic E-state index is 13.2. The molecule has 0 radical (unpaired) electrons. The molecule has 0 aliphatic rings. The minimum Gasteiger partial charge on any atom is -0.361 e. The van der Waals surface area contributed by atoms with E-state index in [-0.39, 0.29) is 11.6 Å². The molecule has 0 fully saturated rings. The summed E-state index contributed by atoms with van der Waals surface area (Å²) in [6, 6.07) is 7.36. The number of benzene rings is 1. The van der Waals surface area contributed by atoms with Crippen molar-refractivity contribution in [2.24, 2.45) is 0 Å². The van der Waals surface area contributed by atoms with Crippen LogP contribution in [0.15, 0.2) is 55.2 Å². The predicted molar refractivity (Wildman–Crippen MR) is 94.4 cm³/mol. The van der Waals surface area contributed by atoms with E-state index in [0.29, 0.717) is 27.8 Å². The zero-order valence-electron chi connectivity index (χ0n) is 14.2. The molecule has 0 spiro atoms. The van der Waals surface area contributed by atoms with Gasteiger partial charge in [-0.25, -0.2) is 24.0 Å². The largest absolute Gasteiger partial charge is 0.405 e. The molecule has 0 amide bonds. The molecule has 4 rings (SSSR count). The van der Waals surface area contributed by atoms with E-state index in [9.17, 15) is 17.6 Å². The number of pyridine rings is 1. The van der Waals surface area contributed by atoms with Gasteiger partial charge >= 0.3 is 6.18 Å². The number of hydrogen-bond acceptors (Lipinski definition) is 5. The molecule has 3 aromatic heterocycles. The first-order chi connectivity index (χ1) is 13.4. The zero-order chi connectivity index (χ0) is 19.7. The lowest BCUT2D eigenvalue weighted by atomic mass is 10.1. The molecule has 0 saturated heterocycles. The van der Waals surface area contributed by atoms with Gasteiger partial charge in [0, 0.05) is 28.9 Å². The predicted octanol–water partition coefficient (Wildman–Crippen LogP) is 3.99. The minimum absolute atomic E-state index is 0.0503. The van der Waals surface area contributed by atoms with Crippen molar-refractivity contribution >= 4 is 16.9 Å². The van der Waals surface area contributed by atoms with Crippen LogP contribution in [-0.2, 0) is 0 Å². The summed E-state index contributed by atoms with van der Waals surface area (Å²) in [6.07, 6.45) is 1.27. The monoisotopic (exact) mass is 388 g/mol. The minimum atomic E-state index is -4.39. The van der Waals surface area contributed by atoms with Crippen LogP contribution in [-0.4, -0.2) is 37.5 Å². The first-order valence-corrected chi connectivity index (χ1v) is 8.12. The van der Waals surface area contributed by atoms with Crippen LogP contribution in [0.2, 0.25) is 0 Å². The van der Waals surface area contributed by atoms with Crippen LogP contribution in [0.5, 0.6) is 0 Å². The van der Waals surface area contributed by atoms with Crippen LogP contribution in [0.3, 0.4) is 0 Å². The van der Waals surface area contributed by atoms with Gasteiger partial charge in [0.2, 0.25) is 0 Å². The molecular weight excluding hydrogens is 376 g/mol. The SMILES string of the molecule is Fc1ccc(-n2ncc3c(-c4cncnc4NCC(F)(F)F)ccnc32)cc1. The van der Waals surface area contributed by atoms with Gasteiger partial charge in [0.1, 0.15) is 24.5 Å². The van der Waals surface area contributed by atoms with E-state index in [2.05, 4.69) is 25.4 Å². The Labute approximate surface area is 155 Å². The Morgan fingerprint density at radius 3 is 2.50 bits per heavy atom. The van der Waals surface area contributed by atoms with E-state index in [4.69, 9.17) is 0 Å². The van der Waals surface area contributed by atoms with E-state index in [1.165, 1.54) is 35.5 Å². The lowest BCUT2D eigenvalue weighted by molar-refractivity contribution is -0.115. The van der Waals surface area contributed by atoms with Gasteiger partial charge < -0.3 is 5.32 Å². The molecule has 4 aromatic rings. The lowest BCUT2D eigenvalue weighted by Gasteiger charge is -2.12. The summed E-state index contributed by atoms with van der Waals surface area (Å²) in [7, 11) is 0. The fourth-order valence-electron chi connectivity index (χ4n) is 2.79. The van der Waals surface area contributed by atoms with Gasteiger partial charge in [0.15, 0.2) is 5.65 Å². The Bertz CT molecular complexity index is 1120. The fourth-order valence-corrected chi connectivity index (χ4v) is 2.79. The van der Waals surface area contributed by atoms with E-state index < -0.39 is 12.7 Å². The molecule has 28 heavy (non-hydrogen) atoms. The average Bonchev–Trinajstić information content (AvgIpc) is 3.11. The summed E-state index contributed by atoms with van der Waals surface area (Å²) < 4.78 is 52.5. The van der Waals surface area contributed by atoms with Crippen LogP contribution in [0.25, 0.3) is 27.8 Å². The normalized spacial score (nSPS) is 11.7. The van der Waals surface area contributed by atoms with Crippen molar-refractivity contribution in [3.63, 3.8) is 0 Å². The standard InChI is InChI=1S/C18H12F4N6/c19-11-1-3-12(4-2-11)28-17-15(8-27-28)13(5-6-24-17)14-7-23-10-26-16(14)25-9-18(20,21)22/h1-8,10H,9H2,(H,23,25,26). The molecule has 0 unspecified atom stereocenters. The van der Waals surface area contributed by atoms with Gasteiger partial charge in [-0.2, -0.15) is 18.3 Å². The summed E-state index contributed by atoms with van der Waals surface area (Å²) in [5.74, 6) is -0.329. The third-order valence-corrected chi connectivity index (χ3v) is 4.00. The van der Waals surface area contributed by atoms with Crippen LogP contribution in [0.1, 0.15) is 0 Å². The van der Waals surface area contributed by atoms with Crippen LogP contribution in [0, 0.1) is 5.82 Å². The van der Waals surface area contributed by atoms with Gasteiger partial charge in [0.05, 0.1) is 11.9 Å². The first kappa shape index (κ1) is 17.8. The molecule has 0 saturated carbocycles. The maximum atomic E-state index is 13.2. The molecule has 1 N–H and O–H groups in total. The third kappa shape index (κ3) is 3.48. The molecule has 3 heterocycles. The highest BCUT2D eigenvalue weighted by atomic mass is 19.4. The molecule has 1 aromatic carbocycles. The van der Waals surface area contributed by atoms with Crippen molar-refractivity contribution in [3.05, 3.63) is 61.1 Å². The molecule has 0 aliphatic carbocycles. The topological polar surface area (TPSA) is 68.5 Å². The second-order valence-corrected chi connectivity index (χ2v) is 5.88. The lowest BCUT2D eigenvalue weighted by Crippen LogP contribution is -2.22. The second-order valence-electron chi connectivity index (χ2n) is 5.88. The summed E-state index contributed by atoms with van der Waals surface area (Å²) in [5, 5.41) is 7.18. The first-order valence-electron chi connectivity index (χ1n) is 8.12. The summed E-state index contributed by atoms with van der Waals surface area (Å²) in [5.41, 5.74) is 2.02. The number of fused-ring (bicyclic) bond motifs is 1. The van der Waals surface area contributed by atoms with Crippen LogP contribution in [0.4, 0.5) is 23.4 Å². The quantitative estimate of drug-likeness (QED) is 0.536. The van der Waals surface area contributed by atoms with Gasteiger partial charge in [-0.15, -0.1) is 0 Å². The van der Waals surface area contributed by atoms with Gasteiger partial charge in [-0.1, -0.05) is 0 Å². The number of alkyl halides is 3. The molecular formula is C18H12F4N6. The van der Waals surface area contributed by atoms with Crippen molar-refractivity contribution in [2.45, 2.75) is 6.18 Å². The number of rotatable bonds is 4. The Balaban J connectivity index is 1.80. The summed E-state index contributed by atoms with van der Waals surface area (Å²) in [6.45, 7) is -1.22. The van der Waals surface area contributed by atoms with E-state index in [1.807, 2.05) is 0 Å². The van der Waals surface area contributed by atoms with Crippen molar-refractivity contribution in [1.82, 2.24) is 24.7 Å². The Morgan fingerprint density at radius 1 is 0.964 bits per heavy atom. The molecule has 10 heteroatoms. The Hall–Kier alpha value is -3.56. The third-order valence-electron chi connectivity index (χ3n) is 4.00. The zero-order valence-corrected chi connectivity index (χ0v) is 14.2. The highest BCUT2D eigenvalue weighted by Gasteiger charge is 2.27. The highest BCUT2D eigenvalue weighted by molar-refractivity contribution is 5.95. The number of hydrogen-bond donors (Lipinski definition) is 1. The number of halogens is 4. The van der Waals surface area contributed by atoms with Crippen molar-refractivity contribution < 1.29 is 17.6 Å². The van der Waals surface area contributed by atoms with Gasteiger partial charge in [-0.05, 0) is 30.3 Å². The van der Waals surface area contributed by atoms with Crippen LogP contribution < -0.4 is 5.32 Å². The number of aromatic nitrogens is 5. The summed E-state index contributed by atoms with van der Waals surface area (Å²) in [4.78, 5) is 12.2. The van der Waals surface area contributed by atoms with Gasteiger partial charge in [-0.3, -0.25) is 0 Å². The highest BCUT2D eigenvalue weighted by Crippen LogP contribution is 2.32. The molecule has 6 nitrogen and oxygen atoms in total. The number of anilines is 1. The molecule has 0 atom stereocenters. The van der Waals surface area contributed by atoms with Gasteiger partial charge in [0.25, 0.3) is 0 Å². The Morgan fingerprint density at radius 2 is 1.75 bits per heavy atom. The molecule has 0 bridgehead atoms. The van der Waals surface area contributed by atoms with E-state index in [1.54, 1.807) is 24.4 Å². The molecule has 0 aliphatic heterocycles.